The van der Waals surface area contributed by atoms with E-state index in [9.17, 15) is 14.9 Å². The molecule has 1 saturated carbocycles. The van der Waals surface area contributed by atoms with Crippen molar-refractivity contribution < 1.29 is 14.3 Å². The topological polar surface area (TPSA) is 143 Å². The molecule has 0 radical (unpaired) electrons. The van der Waals surface area contributed by atoms with E-state index < -0.39 is 23.6 Å². The smallest absolute Gasteiger partial charge is 0.404 e. The average molecular weight is 473 g/mol. The van der Waals surface area contributed by atoms with Gasteiger partial charge in [-0.2, -0.15) is 5.26 Å². The molecule has 0 saturated heterocycles. The van der Waals surface area contributed by atoms with E-state index in [0.29, 0.717) is 16.4 Å². The van der Waals surface area contributed by atoms with Crippen LogP contribution in [0, 0.1) is 23.7 Å². The second-order valence-electron chi connectivity index (χ2n) is 7.69. The van der Waals surface area contributed by atoms with Crippen LogP contribution in [-0.4, -0.2) is 28.7 Å². The number of carbonyl (C=O) groups excluding carboxylic acids is 2. The van der Waals surface area contributed by atoms with Crippen LogP contribution in [0.1, 0.15) is 35.1 Å². The van der Waals surface area contributed by atoms with Gasteiger partial charge in [-0.3, -0.25) is 10.3 Å². The molecule has 170 valence electrons. The monoisotopic (exact) mass is 472 g/mol. The SMILES string of the molecule is C#Cc1nc(NC(=O)NC(COC(N)=O)c2ccc(-c3cccc(C4(C#N)CC4)n3)cc2)cs1. The number of benzene rings is 1. The number of terminal acetylenes is 1. The number of rotatable bonds is 7. The summed E-state index contributed by atoms with van der Waals surface area (Å²) in [5.41, 5.74) is 7.70. The second-order valence-corrected chi connectivity index (χ2v) is 8.55. The van der Waals surface area contributed by atoms with Crippen molar-refractivity contribution in [3.05, 3.63) is 64.1 Å². The molecule has 4 rings (SSSR count). The maximum absolute atomic E-state index is 12.5. The van der Waals surface area contributed by atoms with E-state index in [1.54, 1.807) is 17.5 Å². The van der Waals surface area contributed by atoms with Gasteiger partial charge in [0.05, 0.1) is 28.9 Å². The Labute approximate surface area is 200 Å². The first kappa shape index (κ1) is 22.8. The number of nitriles is 1. The van der Waals surface area contributed by atoms with Crippen LogP contribution in [0.4, 0.5) is 15.4 Å². The number of ether oxygens (including phenoxy) is 1. The molecule has 1 aliphatic carbocycles. The molecule has 1 fully saturated rings. The molecule has 1 aliphatic rings. The quantitative estimate of drug-likeness (QED) is 0.448. The Morgan fingerprint density at radius 3 is 2.62 bits per heavy atom. The summed E-state index contributed by atoms with van der Waals surface area (Å²) in [6, 6.07) is 14.1. The van der Waals surface area contributed by atoms with E-state index in [0.717, 1.165) is 29.8 Å². The fourth-order valence-electron chi connectivity index (χ4n) is 3.39. The molecule has 10 heteroatoms. The van der Waals surface area contributed by atoms with E-state index in [-0.39, 0.29) is 6.61 Å². The summed E-state index contributed by atoms with van der Waals surface area (Å²) in [5, 5.41) is 16.9. The van der Waals surface area contributed by atoms with E-state index in [2.05, 4.69) is 32.6 Å². The van der Waals surface area contributed by atoms with Crippen molar-refractivity contribution in [2.45, 2.75) is 24.3 Å². The Balaban J connectivity index is 1.50. The molecular weight excluding hydrogens is 452 g/mol. The Bertz CT molecular complexity index is 1300. The number of anilines is 1. The lowest BCUT2D eigenvalue weighted by molar-refractivity contribution is 0.144. The van der Waals surface area contributed by atoms with Crippen LogP contribution >= 0.6 is 11.3 Å². The summed E-state index contributed by atoms with van der Waals surface area (Å²) in [4.78, 5) is 32.4. The largest absolute Gasteiger partial charge is 0.447 e. The van der Waals surface area contributed by atoms with Crippen molar-refractivity contribution in [2.75, 3.05) is 11.9 Å². The van der Waals surface area contributed by atoms with Crippen LogP contribution in [0.25, 0.3) is 11.3 Å². The number of nitrogens with two attached hydrogens (primary N) is 1. The normalized spacial score (nSPS) is 14.2. The summed E-state index contributed by atoms with van der Waals surface area (Å²) in [6.07, 6.45) is 5.99. The Morgan fingerprint density at radius 1 is 1.24 bits per heavy atom. The number of hydrogen-bond donors (Lipinski definition) is 3. The third-order valence-electron chi connectivity index (χ3n) is 5.38. The predicted octanol–water partition coefficient (Wildman–Crippen LogP) is 3.70. The number of nitrogens with zero attached hydrogens (tertiary/aromatic N) is 3. The van der Waals surface area contributed by atoms with Crippen LogP contribution < -0.4 is 16.4 Å². The highest BCUT2D eigenvalue weighted by Crippen LogP contribution is 2.46. The van der Waals surface area contributed by atoms with Gasteiger partial charge >= 0.3 is 12.1 Å². The summed E-state index contributed by atoms with van der Waals surface area (Å²) in [6.45, 7) is -0.160. The third-order valence-corrected chi connectivity index (χ3v) is 6.15. The second kappa shape index (κ2) is 9.61. The van der Waals surface area contributed by atoms with Gasteiger partial charge < -0.3 is 15.8 Å². The zero-order valence-electron chi connectivity index (χ0n) is 17.9. The fourth-order valence-corrected chi connectivity index (χ4v) is 3.95. The Kier molecular flexibility index (Phi) is 6.44. The standard InChI is InChI=1S/C24H20N6O3S/c1-2-21-29-20(13-34-21)30-23(32)28-18(12-33-22(26)31)16-8-6-15(7-9-16)17-4-3-5-19(27-17)24(14-25)10-11-24/h1,3-9,13,18H,10-12H2,(H2,26,31)(H2,28,30,32). The van der Waals surface area contributed by atoms with Gasteiger partial charge in [-0.25, -0.2) is 14.6 Å². The number of carbonyl (C=O) groups is 2. The lowest BCUT2D eigenvalue weighted by atomic mass is 10.0. The van der Waals surface area contributed by atoms with E-state index in [1.807, 2.05) is 30.3 Å². The van der Waals surface area contributed by atoms with Gasteiger partial charge in [-0.1, -0.05) is 30.3 Å². The summed E-state index contributed by atoms with van der Waals surface area (Å²) < 4.78 is 4.93. The van der Waals surface area contributed by atoms with Crippen LogP contribution in [0.3, 0.4) is 0 Å². The number of amides is 3. The molecule has 1 aromatic carbocycles. The molecule has 1 atom stereocenters. The maximum atomic E-state index is 12.5. The number of nitrogens with one attached hydrogen (secondary N) is 2. The molecule has 2 aromatic heterocycles. The van der Waals surface area contributed by atoms with Gasteiger partial charge in [-0.15, -0.1) is 17.8 Å². The lowest BCUT2D eigenvalue weighted by Crippen LogP contribution is -2.36. The van der Waals surface area contributed by atoms with Crippen LogP contribution in [0.15, 0.2) is 47.8 Å². The third kappa shape index (κ3) is 5.14. The number of pyridine rings is 1. The zero-order valence-corrected chi connectivity index (χ0v) is 18.8. The predicted molar refractivity (Wildman–Crippen MR) is 127 cm³/mol. The Hall–Kier alpha value is -4.41. The van der Waals surface area contributed by atoms with E-state index in [4.69, 9.17) is 16.9 Å². The van der Waals surface area contributed by atoms with Crippen molar-refractivity contribution in [3.8, 4) is 29.7 Å². The van der Waals surface area contributed by atoms with Crippen LogP contribution in [0.2, 0.25) is 0 Å². The summed E-state index contributed by atoms with van der Waals surface area (Å²) >= 11 is 1.23. The fraction of sp³-hybridized carbons (Fsp3) is 0.208. The van der Waals surface area contributed by atoms with Gasteiger partial charge in [0.15, 0.2) is 5.01 Å². The van der Waals surface area contributed by atoms with Crippen molar-refractivity contribution in [1.29, 1.82) is 5.26 Å². The van der Waals surface area contributed by atoms with Gasteiger partial charge in [0.1, 0.15) is 12.4 Å². The average Bonchev–Trinajstić information content (AvgIpc) is 3.53. The van der Waals surface area contributed by atoms with Gasteiger partial charge in [-0.05, 0) is 36.5 Å². The molecule has 2 heterocycles. The highest BCUT2D eigenvalue weighted by atomic mass is 32.1. The van der Waals surface area contributed by atoms with E-state index >= 15 is 0 Å². The molecule has 4 N–H and O–H groups in total. The van der Waals surface area contributed by atoms with Crippen molar-refractivity contribution >= 4 is 29.3 Å². The van der Waals surface area contributed by atoms with Crippen LogP contribution in [-0.2, 0) is 10.2 Å². The first-order valence-electron chi connectivity index (χ1n) is 10.3. The van der Waals surface area contributed by atoms with Gasteiger partial charge in [0.25, 0.3) is 0 Å². The minimum absolute atomic E-state index is 0.160. The molecular formula is C24H20N6O3S. The van der Waals surface area contributed by atoms with Gasteiger partial charge in [0.2, 0.25) is 0 Å². The van der Waals surface area contributed by atoms with Crippen molar-refractivity contribution in [1.82, 2.24) is 15.3 Å². The minimum Gasteiger partial charge on any atom is -0.447 e. The Morgan fingerprint density at radius 2 is 2.00 bits per heavy atom. The number of primary amides is 1. The van der Waals surface area contributed by atoms with Crippen molar-refractivity contribution in [2.24, 2.45) is 5.73 Å². The maximum Gasteiger partial charge on any atom is 0.404 e. The first-order chi connectivity index (χ1) is 16.4. The molecule has 0 aliphatic heterocycles. The molecule has 3 aromatic rings. The number of aromatic nitrogens is 2. The molecule has 3 amide bonds. The molecule has 34 heavy (non-hydrogen) atoms. The summed E-state index contributed by atoms with van der Waals surface area (Å²) in [7, 11) is 0. The van der Waals surface area contributed by atoms with Crippen LogP contribution in [0.5, 0.6) is 0 Å². The molecule has 1 unspecified atom stereocenters. The zero-order chi connectivity index (χ0) is 24.1. The van der Waals surface area contributed by atoms with E-state index in [1.165, 1.54) is 11.3 Å². The highest BCUT2D eigenvalue weighted by Gasteiger charge is 2.46. The minimum atomic E-state index is -0.950. The number of urea groups is 1. The van der Waals surface area contributed by atoms with Gasteiger partial charge in [0, 0.05) is 10.9 Å². The lowest BCUT2D eigenvalue weighted by Gasteiger charge is -2.19. The molecule has 9 nitrogen and oxygen atoms in total. The highest BCUT2D eigenvalue weighted by molar-refractivity contribution is 7.10. The number of hydrogen-bond acceptors (Lipinski definition) is 7. The summed E-state index contributed by atoms with van der Waals surface area (Å²) in [5.74, 6) is 2.72. The molecule has 0 spiro atoms. The first-order valence-corrected chi connectivity index (χ1v) is 11.2. The number of thiazole rings is 1. The molecule has 0 bridgehead atoms. The van der Waals surface area contributed by atoms with Crippen molar-refractivity contribution in [3.63, 3.8) is 0 Å².